The van der Waals surface area contributed by atoms with Gasteiger partial charge in [-0.3, -0.25) is 0 Å². The van der Waals surface area contributed by atoms with Gasteiger partial charge < -0.3 is 4.74 Å². The number of ether oxygens (including phenoxy) is 1. The van der Waals surface area contributed by atoms with Crippen LogP contribution in [0, 0.1) is 0 Å². The van der Waals surface area contributed by atoms with Gasteiger partial charge in [0.05, 0.1) is 0 Å². The number of rotatable bonds is 4. The average Bonchev–Trinajstić information content (AvgIpc) is 2.38. The number of hydrogen-bond donors (Lipinski definition) is 0. The van der Waals surface area contributed by atoms with E-state index in [0.29, 0.717) is 12.5 Å². The van der Waals surface area contributed by atoms with Crippen molar-refractivity contribution in [1.82, 2.24) is 4.98 Å². The van der Waals surface area contributed by atoms with Crippen LogP contribution in [0.4, 0.5) is 0 Å². The lowest BCUT2D eigenvalue weighted by molar-refractivity contribution is 0.294. The first-order chi connectivity index (χ1) is 7.88. The zero-order valence-corrected chi connectivity index (χ0v) is 9.39. The summed E-state index contributed by atoms with van der Waals surface area (Å²) in [5.74, 6) is 0.682. The van der Waals surface area contributed by atoms with E-state index in [1.54, 1.807) is 0 Å². The zero-order valence-electron chi connectivity index (χ0n) is 9.39. The highest BCUT2D eigenvalue weighted by molar-refractivity contribution is 5.19. The molecule has 0 atom stereocenters. The predicted molar refractivity (Wildman–Crippen MR) is 64.4 cm³/mol. The van der Waals surface area contributed by atoms with E-state index < -0.39 is 0 Å². The quantitative estimate of drug-likeness (QED) is 0.778. The average molecular weight is 213 g/mol. The van der Waals surface area contributed by atoms with Gasteiger partial charge in [0.25, 0.3) is 0 Å². The second-order valence-electron chi connectivity index (χ2n) is 3.63. The van der Waals surface area contributed by atoms with Gasteiger partial charge >= 0.3 is 0 Å². The Labute approximate surface area is 95.9 Å². The Hall–Kier alpha value is -1.83. The summed E-state index contributed by atoms with van der Waals surface area (Å²) < 4.78 is 5.58. The first-order valence-electron chi connectivity index (χ1n) is 5.50. The second-order valence-corrected chi connectivity index (χ2v) is 3.63. The van der Waals surface area contributed by atoms with E-state index in [9.17, 15) is 0 Å². The molecule has 0 aliphatic carbocycles. The summed E-state index contributed by atoms with van der Waals surface area (Å²) in [7, 11) is 0. The van der Waals surface area contributed by atoms with Crippen molar-refractivity contribution >= 4 is 0 Å². The van der Waals surface area contributed by atoms with Gasteiger partial charge in [-0.2, -0.15) is 0 Å². The fraction of sp³-hybridized carbons (Fsp3) is 0.214. The molecule has 2 rings (SSSR count). The third-order valence-electron chi connectivity index (χ3n) is 2.44. The lowest BCUT2D eigenvalue weighted by Gasteiger charge is -2.05. The maximum atomic E-state index is 5.58. The number of pyridine rings is 1. The van der Waals surface area contributed by atoms with Crippen molar-refractivity contribution in [3.05, 3.63) is 59.8 Å². The maximum absolute atomic E-state index is 5.58. The monoisotopic (exact) mass is 213 g/mol. The number of nitrogens with zero attached hydrogens (tertiary/aromatic N) is 1. The highest BCUT2D eigenvalue weighted by atomic mass is 16.5. The van der Waals surface area contributed by atoms with Gasteiger partial charge in [-0.1, -0.05) is 43.3 Å². The Kier molecular flexibility index (Phi) is 3.54. The zero-order chi connectivity index (χ0) is 11.2. The van der Waals surface area contributed by atoms with Crippen LogP contribution in [0.3, 0.4) is 0 Å². The molecule has 0 spiro atoms. The maximum Gasteiger partial charge on any atom is 0.213 e. The largest absolute Gasteiger partial charge is 0.473 e. The van der Waals surface area contributed by atoms with Gasteiger partial charge in [-0.25, -0.2) is 4.98 Å². The fourth-order valence-corrected chi connectivity index (χ4v) is 1.44. The van der Waals surface area contributed by atoms with Crippen LogP contribution in [0.2, 0.25) is 0 Å². The smallest absolute Gasteiger partial charge is 0.213 e. The van der Waals surface area contributed by atoms with Crippen molar-refractivity contribution in [3.8, 4) is 5.88 Å². The molecule has 0 saturated heterocycles. The van der Waals surface area contributed by atoms with Crippen molar-refractivity contribution in [2.75, 3.05) is 0 Å². The van der Waals surface area contributed by atoms with Gasteiger partial charge in [-0.05, 0) is 17.5 Å². The molecule has 1 aromatic carbocycles. The first kappa shape index (κ1) is 10.7. The standard InChI is InChI=1S/C14H15NO/c1-2-12-8-9-14(15-10-12)16-11-13-6-4-3-5-7-13/h3-10H,2,11H2,1H3. The van der Waals surface area contributed by atoms with Crippen molar-refractivity contribution < 1.29 is 4.74 Å². The van der Waals surface area contributed by atoms with E-state index in [-0.39, 0.29) is 0 Å². The molecule has 2 nitrogen and oxygen atoms in total. The third-order valence-corrected chi connectivity index (χ3v) is 2.44. The highest BCUT2D eigenvalue weighted by Crippen LogP contribution is 2.10. The molecule has 2 heteroatoms. The topological polar surface area (TPSA) is 22.1 Å². The summed E-state index contributed by atoms with van der Waals surface area (Å²) >= 11 is 0. The minimum Gasteiger partial charge on any atom is -0.473 e. The summed E-state index contributed by atoms with van der Waals surface area (Å²) in [6.07, 6.45) is 2.87. The van der Waals surface area contributed by atoms with E-state index in [2.05, 4.69) is 11.9 Å². The highest BCUT2D eigenvalue weighted by Gasteiger charge is 1.96. The van der Waals surface area contributed by atoms with Gasteiger partial charge in [0.15, 0.2) is 0 Å². The van der Waals surface area contributed by atoms with Crippen LogP contribution in [0.25, 0.3) is 0 Å². The predicted octanol–water partition coefficient (Wildman–Crippen LogP) is 3.22. The van der Waals surface area contributed by atoms with Crippen LogP contribution in [0.15, 0.2) is 48.7 Å². The molecular weight excluding hydrogens is 198 g/mol. The van der Waals surface area contributed by atoms with Gasteiger partial charge in [-0.15, -0.1) is 0 Å². The van der Waals surface area contributed by atoms with E-state index in [1.807, 2.05) is 48.7 Å². The number of aromatic nitrogens is 1. The fourth-order valence-electron chi connectivity index (χ4n) is 1.44. The van der Waals surface area contributed by atoms with Crippen LogP contribution in [0.5, 0.6) is 5.88 Å². The van der Waals surface area contributed by atoms with E-state index in [4.69, 9.17) is 4.74 Å². The Morgan fingerprint density at radius 1 is 1.00 bits per heavy atom. The molecule has 0 aliphatic heterocycles. The lowest BCUT2D eigenvalue weighted by Crippen LogP contribution is -1.97. The molecule has 82 valence electrons. The molecule has 0 radical (unpaired) electrons. The molecule has 0 saturated carbocycles. The van der Waals surface area contributed by atoms with Gasteiger partial charge in [0.1, 0.15) is 6.61 Å². The molecule has 0 aliphatic rings. The van der Waals surface area contributed by atoms with E-state index >= 15 is 0 Å². The van der Waals surface area contributed by atoms with Crippen LogP contribution < -0.4 is 4.74 Å². The van der Waals surface area contributed by atoms with Crippen molar-refractivity contribution in [2.24, 2.45) is 0 Å². The summed E-state index contributed by atoms with van der Waals surface area (Å²) in [5, 5.41) is 0. The van der Waals surface area contributed by atoms with Crippen molar-refractivity contribution in [3.63, 3.8) is 0 Å². The number of hydrogen-bond acceptors (Lipinski definition) is 2. The Morgan fingerprint density at radius 2 is 1.81 bits per heavy atom. The molecule has 1 aromatic heterocycles. The summed E-state index contributed by atoms with van der Waals surface area (Å²) in [6, 6.07) is 14.1. The Bertz CT molecular complexity index is 422. The van der Waals surface area contributed by atoms with Gasteiger partial charge in [0.2, 0.25) is 5.88 Å². The SMILES string of the molecule is CCc1ccc(OCc2ccccc2)nc1. The molecule has 1 heterocycles. The molecular formula is C14H15NO. The third kappa shape index (κ3) is 2.83. The molecule has 16 heavy (non-hydrogen) atoms. The minimum absolute atomic E-state index is 0.569. The van der Waals surface area contributed by atoms with Gasteiger partial charge in [0, 0.05) is 12.3 Å². The molecule has 0 N–H and O–H groups in total. The summed E-state index contributed by atoms with van der Waals surface area (Å²) in [4.78, 5) is 4.24. The van der Waals surface area contributed by atoms with Crippen LogP contribution in [-0.4, -0.2) is 4.98 Å². The molecule has 0 unspecified atom stereocenters. The summed E-state index contributed by atoms with van der Waals surface area (Å²) in [6.45, 7) is 2.68. The molecule has 0 bridgehead atoms. The normalized spacial score (nSPS) is 10.1. The summed E-state index contributed by atoms with van der Waals surface area (Å²) in [5.41, 5.74) is 2.39. The molecule has 2 aromatic rings. The van der Waals surface area contributed by atoms with Crippen LogP contribution in [0.1, 0.15) is 18.1 Å². The lowest BCUT2D eigenvalue weighted by atomic mass is 10.2. The van der Waals surface area contributed by atoms with Crippen molar-refractivity contribution in [2.45, 2.75) is 20.0 Å². The minimum atomic E-state index is 0.569. The Balaban J connectivity index is 1.94. The molecule has 0 amide bonds. The van der Waals surface area contributed by atoms with E-state index in [0.717, 1.165) is 12.0 Å². The van der Waals surface area contributed by atoms with Crippen molar-refractivity contribution in [1.29, 1.82) is 0 Å². The molecule has 0 fully saturated rings. The Morgan fingerprint density at radius 3 is 2.44 bits per heavy atom. The van der Waals surface area contributed by atoms with Crippen LogP contribution in [-0.2, 0) is 13.0 Å². The number of benzene rings is 1. The van der Waals surface area contributed by atoms with Crippen LogP contribution >= 0.6 is 0 Å². The first-order valence-corrected chi connectivity index (χ1v) is 5.50. The second kappa shape index (κ2) is 5.31. The van der Waals surface area contributed by atoms with E-state index in [1.165, 1.54) is 5.56 Å². The number of aryl methyl sites for hydroxylation is 1.